The molecule has 1 saturated carbocycles. The van der Waals surface area contributed by atoms with Crippen molar-refractivity contribution in [1.82, 2.24) is 10.6 Å². The van der Waals surface area contributed by atoms with Gasteiger partial charge in [-0.25, -0.2) is 4.79 Å². The van der Waals surface area contributed by atoms with E-state index < -0.39 is 11.5 Å². The number of rotatable bonds is 5. The number of carboxylic acid groups (broad SMARTS) is 1. The first-order valence-corrected chi connectivity index (χ1v) is 6.85. The monoisotopic (exact) mass is 280 g/mol. The van der Waals surface area contributed by atoms with Gasteiger partial charge in [0, 0.05) is 0 Å². The van der Waals surface area contributed by atoms with Crippen LogP contribution in [0.15, 0.2) is 22.8 Å². The summed E-state index contributed by atoms with van der Waals surface area (Å²) in [6.07, 6.45) is 4.83. The molecule has 3 N–H and O–H groups in total. The van der Waals surface area contributed by atoms with Gasteiger partial charge in [0.25, 0.3) is 0 Å². The molecule has 1 heterocycles. The molecule has 1 aliphatic rings. The van der Waals surface area contributed by atoms with Crippen molar-refractivity contribution in [2.24, 2.45) is 0 Å². The summed E-state index contributed by atoms with van der Waals surface area (Å²) in [6.45, 7) is 1.82. The van der Waals surface area contributed by atoms with Crippen molar-refractivity contribution >= 4 is 12.0 Å². The Morgan fingerprint density at radius 3 is 2.70 bits per heavy atom. The topological polar surface area (TPSA) is 91.6 Å². The number of carboxylic acids is 1. The molecule has 6 nitrogen and oxygen atoms in total. The van der Waals surface area contributed by atoms with Crippen LogP contribution in [-0.2, 0) is 4.79 Å². The molecule has 1 atom stereocenters. The largest absolute Gasteiger partial charge is 0.481 e. The molecular formula is C14H20N2O4. The third-order valence-corrected chi connectivity index (χ3v) is 3.75. The molecule has 1 unspecified atom stereocenters. The Bertz CT molecular complexity index is 464. The molecule has 1 aromatic rings. The van der Waals surface area contributed by atoms with Crippen molar-refractivity contribution in [3.05, 3.63) is 24.2 Å². The summed E-state index contributed by atoms with van der Waals surface area (Å²) in [5, 5.41) is 14.6. The molecule has 0 spiro atoms. The summed E-state index contributed by atoms with van der Waals surface area (Å²) in [7, 11) is 0. The van der Waals surface area contributed by atoms with E-state index in [1.54, 1.807) is 18.4 Å². The summed E-state index contributed by atoms with van der Waals surface area (Å²) < 4.78 is 5.22. The zero-order valence-corrected chi connectivity index (χ0v) is 11.5. The molecular weight excluding hydrogens is 260 g/mol. The Morgan fingerprint density at radius 1 is 1.45 bits per heavy atom. The number of amides is 2. The smallest absolute Gasteiger partial charge is 0.315 e. The molecule has 0 aromatic carbocycles. The number of carbonyl (C=O) groups excluding carboxylic acids is 1. The highest BCUT2D eigenvalue weighted by atomic mass is 16.4. The lowest BCUT2D eigenvalue weighted by Crippen LogP contribution is -2.52. The van der Waals surface area contributed by atoms with Gasteiger partial charge in [0.1, 0.15) is 5.76 Å². The second-order valence-electron chi connectivity index (χ2n) is 5.39. The average molecular weight is 280 g/mol. The van der Waals surface area contributed by atoms with Crippen LogP contribution in [0, 0.1) is 0 Å². The highest BCUT2D eigenvalue weighted by Crippen LogP contribution is 2.32. The van der Waals surface area contributed by atoms with Gasteiger partial charge in [-0.1, -0.05) is 12.8 Å². The van der Waals surface area contributed by atoms with Crippen molar-refractivity contribution in [2.75, 3.05) is 0 Å². The van der Waals surface area contributed by atoms with Gasteiger partial charge in [0.2, 0.25) is 0 Å². The normalized spacial score (nSPS) is 18.4. The first kappa shape index (κ1) is 14.4. The Morgan fingerprint density at radius 2 is 2.15 bits per heavy atom. The van der Waals surface area contributed by atoms with Gasteiger partial charge < -0.3 is 20.2 Å². The van der Waals surface area contributed by atoms with E-state index in [-0.39, 0.29) is 18.5 Å². The van der Waals surface area contributed by atoms with Crippen molar-refractivity contribution in [2.45, 2.75) is 50.6 Å². The molecule has 0 saturated heterocycles. The summed E-state index contributed by atoms with van der Waals surface area (Å²) >= 11 is 0. The molecule has 110 valence electrons. The Hall–Kier alpha value is -1.98. The number of hydrogen-bond acceptors (Lipinski definition) is 3. The molecule has 20 heavy (non-hydrogen) atoms. The van der Waals surface area contributed by atoms with E-state index in [9.17, 15) is 9.59 Å². The zero-order valence-electron chi connectivity index (χ0n) is 11.5. The van der Waals surface area contributed by atoms with Gasteiger partial charge in [-0.15, -0.1) is 0 Å². The van der Waals surface area contributed by atoms with Crippen LogP contribution in [-0.4, -0.2) is 22.6 Å². The molecule has 1 aromatic heterocycles. The van der Waals surface area contributed by atoms with Crippen LogP contribution in [0.3, 0.4) is 0 Å². The number of carbonyl (C=O) groups is 2. The van der Waals surface area contributed by atoms with Gasteiger partial charge >= 0.3 is 12.0 Å². The summed E-state index contributed by atoms with van der Waals surface area (Å²) in [5.74, 6) is -0.217. The van der Waals surface area contributed by atoms with Crippen LogP contribution in [0.5, 0.6) is 0 Å². The van der Waals surface area contributed by atoms with Gasteiger partial charge in [0.15, 0.2) is 0 Å². The van der Waals surface area contributed by atoms with E-state index in [0.29, 0.717) is 18.6 Å². The lowest BCUT2D eigenvalue weighted by atomic mass is 9.93. The number of hydrogen-bond donors (Lipinski definition) is 3. The minimum Gasteiger partial charge on any atom is -0.481 e. The lowest BCUT2D eigenvalue weighted by molar-refractivity contribution is -0.138. The third-order valence-electron chi connectivity index (χ3n) is 3.75. The zero-order chi connectivity index (χ0) is 14.6. The first-order chi connectivity index (χ1) is 9.51. The molecule has 0 bridgehead atoms. The van der Waals surface area contributed by atoms with Crippen molar-refractivity contribution in [1.29, 1.82) is 0 Å². The predicted octanol–water partition coefficient (Wildman–Crippen LogP) is 2.43. The molecule has 0 aliphatic heterocycles. The van der Waals surface area contributed by atoms with Crippen LogP contribution in [0.25, 0.3) is 0 Å². The molecule has 0 radical (unpaired) electrons. The third kappa shape index (κ3) is 3.53. The fourth-order valence-electron chi connectivity index (χ4n) is 2.77. The fourth-order valence-corrected chi connectivity index (χ4v) is 2.77. The number of furan rings is 1. The van der Waals surface area contributed by atoms with E-state index in [4.69, 9.17) is 9.52 Å². The van der Waals surface area contributed by atoms with E-state index in [1.165, 1.54) is 0 Å². The maximum Gasteiger partial charge on any atom is 0.315 e. The van der Waals surface area contributed by atoms with E-state index in [1.807, 2.05) is 6.92 Å². The molecule has 1 aliphatic carbocycles. The van der Waals surface area contributed by atoms with Gasteiger partial charge in [0.05, 0.1) is 24.3 Å². The maximum atomic E-state index is 12.0. The number of aliphatic carboxylic acids is 1. The van der Waals surface area contributed by atoms with Crippen LogP contribution < -0.4 is 10.6 Å². The highest BCUT2D eigenvalue weighted by Gasteiger charge is 2.37. The molecule has 2 rings (SSSR count). The van der Waals surface area contributed by atoms with Crippen molar-refractivity contribution in [3.8, 4) is 0 Å². The standard InChI is InChI=1S/C14H20N2O4/c1-10(11-5-4-8-20-11)15-13(19)16-14(9-12(17)18)6-2-3-7-14/h4-5,8,10H,2-3,6-7,9H2,1H3,(H,17,18)(H2,15,16,19). The number of nitrogens with one attached hydrogen (secondary N) is 2. The second-order valence-corrected chi connectivity index (χ2v) is 5.39. The minimum atomic E-state index is -0.883. The van der Waals surface area contributed by atoms with Crippen LogP contribution in [0.2, 0.25) is 0 Å². The van der Waals surface area contributed by atoms with Crippen LogP contribution in [0.4, 0.5) is 4.79 Å². The lowest BCUT2D eigenvalue weighted by Gasteiger charge is -2.29. The molecule has 1 fully saturated rings. The van der Waals surface area contributed by atoms with Crippen molar-refractivity contribution in [3.63, 3.8) is 0 Å². The Kier molecular flexibility index (Phi) is 4.32. The quantitative estimate of drug-likeness (QED) is 0.772. The van der Waals surface area contributed by atoms with E-state index >= 15 is 0 Å². The van der Waals surface area contributed by atoms with Crippen LogP contribution >= 0.6 is 0 Å². The van der Waals surface area contributed by atoms with Gasteiger partial charge in [-0.05, 0) is 31.9 Å². The average Bonchev–Trinajstić information content (AvgIpc) is 2.98. The molecule has 2 amide bonds. The van der Waals surface area contributed by atoms with Crippen LogP contribution in [0.1, 0.15) is 50.8 Å². The number of urea groups is 1. The fraction of sp³-hybridized carbons (Fsp3) is 0.571. The van der Waals surface area contributed by atoms with E-state index in [2.05, 4.69) is 10.6 Å². The van der Waals surface area contributed by atoms with Gasteiger partial charge in [-0.2, -0.15) is 0 Å². The molecule has 6 heteroatoms. The minimum absolute atomic E-state index is 0.0322. The van der Waals surface area contributed by atoms with E-state index in [0.717, 1.165) is 12.8 Å². The SMILES string of the molecule is CC(NC(=O)NC1(CC(=O)O)CCCC1)c1ccco1. The highest BCUT2D eigenvalue weighted by molar-refractivity contribution is 5.77. The maximum absolute atomic E-state index is 12.0. The predicted molar refractivity (Wildman–Crippen MR) is 72.2 cm³/mol. The summed E-state index contributed by atoms with van der Waals surface area (Å²) in [5.41, 5.74) is -0.612. The van der Waals surface area contributed by atoms with Crippen molar-refractivity contribution < 1.29 is 19.1 Å². The summed E-state index contributed by atoms with van der Waals surface area (Å²) in [4.78, 5) is 23.0. The summed E-state index contributed by atoms with van der Waals surface area (Å²) in [6, 6.07) is 2.94. The second kappa shape index (κ2) is 5.98. The Balaban J connectivity index is 1.93. The Labute approximate surface area is 117 Å². The van der Waals surface area contributed by atoms with Gasteiger partial charge in [-0.3, -0.25) is 4.79 Å². The first-order valence-electron chi connectivity index (χ1n) is 6.85.